The quantitative estimate of drug-likeness (QED) is 0.811. The summed E-state index contributed by atoms with van der Waals surface area (Å²) in [5.41, 5.74) is 3.03. The van der Waals surface area contributed by atoms with Gasteiger partial charge in [0.15, 0.2) is 0 Å². The lowest BCUT2D eigenvalue weighted by molar-refractivity contribution is 0.0402. The van der Waals surface area contributed by atoms with Crippen molar-refractivity contribution < 1.29 is 4.79 Å². The normalized spacial score (nSPS) is 20.7. The van der Waals surface area contributed by atoms with Gasteiger partial charge in [-0.25, -0.2) is 0 Å². The van der Waals surface area contributed by atoms with Crippen molar-refractivity contribution >= 4 is 29.1 Å². The fraction of sp³-hybridized carbons (Fsp3) is 0.316. The first-order chi connectivity index (χ1) is 11.6. The number of carbonyl (C=O) groups excluding carboxylic acids is 1. The third-order valence-corrected chi connectivity index (χ3v) is 5.63. The SMILES string of the molecule is O=C1c2cc(Cl)c(Cl)cc2C[C@@H]2CN(Cc3ccccc3)CCN12. The van der Waals surface area contributed by atoms with Crippen molar-refractivity contribution in [2.75, 3.05) is 19.6 Å². The summed E-state index contributed by atoms with van der Waals surface area (Å²) in [4.78, 5) is 17.2. The van der Waals surface area contributed by atoms with Gasteiger partial charge in [-0.2, -0.15) is 0 Å². The van der Waals surface area contributed by atoms with Crippen molar-refractivity contribution in [1.82, 2.24) is 9.80 Å². The second kappa shape index (κ2) is 6.40. The summed E-state index contributed by atoms with van der Waals surface area (Å²) in [5, 5.41) is 0.971. The van der Waals surface area contributed by atoms with E-state index in [-0.39, 0.29) is 11.9 Å². The smallest absolute Gasteiger partial charge is 0.254 e. The lowest BCUT2D eigenvalue weighted by Crippen LogP contribution is -2.57. The Morgan fingerprint density at radius 2 is 1.79 bits per heavy atom. The number of halogens is 2. The van der Waals surface area contributed by atoms with Crippen LogP contribution in [0.2, 0.25) is 10.0 Å². The maximum absolute atomic E-state index is 12.8. The summed E-state index contributed by atoms with van der Waals surface area (Å²) < 4.78 is 0. The van der Waals surface area contributed by atoms with Crippen LogP contribution in [0.1, 0.15) is 21.5 Å². The number of nitrogens with zero attached hydrogens (tertiary/aromatic N) is 2. The molecule has 2 aromatic rings. The standard InChI is InChI=1S/C19H18Cl2N2O/c20-17-9-14-8-15-12-22(11-13-4-2-1-3-5-13)6-7-23(15)19(24)16(14)10-18(17)21/h1-5,9-10,15H,6-8,11-12H2/t15-/m1/s1. The summed E-state index contributed by atoms with van der Waals surface area (Å²) in [7, 11) is 0. The highest BCUT2D eigenvalue weighted by atomic mass is 35.5. The molecule has 5 heteroatoms. The van der Waals surface area contributed by atoms with E-state index >= 15 is 0 Å². The molecule has 24 heavy (non-hydrogen) atoms. The van der Waals surface area contributed by atoms with Gasteiger partial charge in [-0.05, 0) is 29.7 Å². The Morgan fingerprint density at radius 1 is 1.04 bits per heavy atom. The molecule has 2 aromatic carbocycles. The van der Waals surface area contributed by atoms with Gasteiger partial charge in [0, 0.05) is 37.8 Å². The maximum Gasteiger partial charge on any atom is 0.254 e. The molecule has 1 saturated heterocycles. The number of hydrogen-bond donors (Lipinski definition) is 0. The molecule has 2 aliphatic heterocycles. The summed E-state index contributed by atoms with van der Waals surface area (Å²) >= 11 is 12.2. The molecule has 124 valence electrons. The van der Waals surface area contributed by atoms with E-state index in [0.29, 0.717) is 15.6 Å². The Kier molecular flexibility index (Phi) is 4.25. The third kappa shape index (κ3) is 2.92. The highest BCUT2D eigenvalue weighted by Crippen LogP contribution is 2.32. The van der Waals surface area contributed by atoms with Crippen molar-refractivity contribution in [1.29, 1.82) is 0 Å². The molecule has 3 nitrogen and oxygen atoms in total. The number of fused-ring (bicyclic) bond motifs is 2. The van der Waals surface area contributed by atoms with Gasteiger partial charge in [0.2, 0.25) is 0 Å². The first-order valence-electron chi connectivity index (χ1n) is 8.17. The molecule has 0 unspecified atom stereocenters. The molecule has 0 aromatic heterocycles. The predicted molar refractivity (Wildman–Crippen MR) is 96.7 cm³/mol. The van der Waals surface area contributed by atoms with E-state index in [1.165, 1.54) is 5.56 Å². The first kappa shape index (κ1) is 15.9. The average Bonchev–Trinajstić information content (AvgIpc) is 2.58. The fourth-order valence-electron chi connectivity index (χ4n) is 3.71. The summed E-state index contributed by atoms with van der Waals surface area (Å²) in [6.07, 6.45) is 0.837. The molecule has 1 atom stereocenters. The second-order valence-electron chi connectivity index (χ2n) is 6.50. The van der Waals surface area contributed by atoms with Crippen molar-refractivity contribution in [3.05, 3.63) is 69.2 Å². The number of benzene rings is 2. The van der Waals surface area contributed by atoms with E-state index in [4.69, 9.17) is 23.2 Å². The van der Waals surface area contributed by atoms with Crippen LogP contribution in [0, 0.1) is 0 Å². The van der Waals surface area contributed by atoms with E-state index in [9.17, 15) is 4.79 Å². The van der Waals surface area contributed by atoms with Crippen molar-refractivity contribution in [3.63, 3.8) is 0 Å². The Morgan fingerprint density at radius 3 is 2.58 bits per heavy atom. The van der Waals surface area contributed by atoms with Gasteiger partial charge in [0.1, 0.15) is 0 Å². The molecule has 0 aliphatic carbocycles. The lowest BCUT2D eigenvalue weighted by atomic mass is 9.91. The van der Waals surface area contributed by atoms with Crippen LogP contribution in [0.4, 0.5) is 0 Å². The first-order valence-corrected chi connectivity index (χ1v) is 8.92. The molecular weight excluding hydrogens is 343 g/mol. The molecular formula is C19H18Cl2N2O. The third-order valence-electron chi connectivity index (χ3n) is 4.91. The summed E-state index contributed by atoms with van der Waals surface area (Å²) in [6.45, 7) is 3.47. The zero-order valence-electron chi connectivity index (χ0n) is 13.2. The molecule has 0 N–H and O–H groups in total. The van der Waals surface area contributed by atoms with Crippen molar-refractivity contribution in [2.24, 2.45) is 0 Å². The van der Waals surface area contributed by atoms with E-state index < -0.39 is 0 Å². The molecule has 0 bridgehead atoms. The Hall–Kier alpha value is -1.55. The van der Waals surface area contributed by atoms with E-state index in [1.54, 1.807) is 6.07 Å². The minimum atomic E-state index is 0.0826. The minimum absolute atomic E-state index is 0.0826. The van der Waals surface area contributed by atoms with Crippen molar-refractivity contribution in [3.8, 4) is 0 Å². The predicted octanol–water partition coefficient (Wildman–Crippen LogP) is 3.88. The van der Waals surface area contributed by atoms with Gasteiger partial charge >= 0.3 is 0 Å². The molecule has 2 aliphatic rings. The number of rotatable bonds is 2. The van der Waals surface area contributed by atoms with Crippen LogP contribution in [-0.2, 0) is 13.0 Å². The number of hydrogen-bond acceptors (Lipinski definition) is 2. The topological polar surface area (TPSA) is 23.6 Å². The molecule has 0 spiro atoms. The number of piperazine rings is 1. The average molecular weight is 361 g/mol. The summed E-state index contributed by atoms with van der Waals surface area (Å²) in [6, 6.07) is 14.2. The van der Waals surface area contributed by atoms with Crippen LogP contribution in [-0.4, -0.2) is 41.4 Å². The molecule has 2 heterocycles. The van der Waals surface area contributed by atoms with Gasteiger partial charge in [0.05, 0.1) is 10.0 Å². The molecule has 1 fully saturated rings. The molecule has 0 saturated carbocycles. The van der Waals surface area contributed by atoms with Crippen LogP contribution in [0.25, 0.3) is 0 Å². The van der Waals surface area contributed by atoms with Gasteiger partial charge in [0.25, 0.3) is 5.91 Å². The highest BCUT2D eigenvalue weighted by molar-refractivity contribution is 6.42. The van der Waals surface area contributed by atoms with E-state index in [0.717, 1.165) is 38.2 Å². The maximum atomic E-state index is 12.8. The van der Waals surface area contributed by atoms with Gasteiger partial charge in [-0.15, -0.1) is 0 Å². The Balaban J connectivity index is 1.54. The Bertz CT molecular complexity index is 778. The zero-order valence-corrected chi connectivity index (χ0v) is 14.7. The van der Waals surface area contributed by atoms with Crippen LogP contribution in [0.5, 0.6) is 0 Å². The van der Waals surface area contributed by atoms with E-state index in [1.807, 2.05) is 17.0 Å². The monoisotopic (exact) mass is 360 g/mol. The minimum Gasteiger partial charge on any atom is -0.333 e. The van der Waals surface area contributed by atoms with Crippen LogP contribution in [0.15, 0.2) is 42.5 Å². The highest BCUT2D eigenvalue weighted by Gasteiger charge is 2.36. The molecule has 1 amide bonds. The zero-order chi connectivity index (χ0) is 16.7. The van der Waals surface area contributed by atoms with Crippen LogP contribution in [0.3, 0.4) is 0 Å². The van der Waals surface area contributed by atoms with Crippen molar-refractivity contribution in [2.45, 2.75) is 19.0 Å². The largest absolute Gasteiger partial charge is 0.333 e. The van der Waals surface area contributed by atoms with Crippen LogP contribution >= 0.6 is 23.2 Å². The Labute approximate surface area is 151 Å². The lowest BCUT2D eigenvalue weighted by Gasteiger charge is -2.44. The van der Waals surface area contributed by atoms with Gasteiger partial charge in [-0.3, -0.25) is 9.69 Å². The van der Waals surface area contributed by atoms with Gasteiger partial charge in [-0.1, -0.05) is 53.5 Å². The van der Waals surface area contributed by atoms with Gasteiger partial charge < -0.3 is 4.90 Å². The molecule has 0 radical (unpaired) electrons. The fourth-order valence-corrected chi connectivity index (χ4v) is 4.06. The molecule has 4 rings (SSSR count). The summed E-state index contributed by atoms with van der Waals surface area (Å²) in [5.74, 6) is 0.0826. The number of amides is 1. The number of carbonyl (C=O) groups is 1. The second-order valence-corrected chi connectivity index (χ2v) is 7.32. The van der Waals surface area contributed by atoms with Crippen LogP contribution < -0.4 is 0 Å². The van der Waals surface area contributed by atoms with E-state index in [2.05, 4.69) is 29.2 Å².